The minimum atomic E-state index is -0.216. The average Bonchev–Trinajstić information content (AvgIpc) is 2.86. The van der Waals surface area contributed by atoms with Crippen LogP contribution in [0.2, 0.25) is 0 Å². The van der Waals surface area contributed by atoms with Crippen LogP contribution in [0.4, 0.5) is 0 Å². The Morgan fingerprint density at radius 3 is 2.57 bits per heavy atom. The molecule has 0 aromatic rings. The minimum absolute atomic E-state index is 0.00262. The number of nitrogens with two attached hydrogens (primary N) is 1. The van der Waals surface area contributed by atoms with Gasteiger partial charge >= 0.3 is 5.97 Å². The van der Waals surface area contributed by atoms with Crippen LogP contribution in [0.25, 0.3) is 0 Å². The lowest BCUT2D eigenvalue weighted by Crippen LogP contribution is -2.36. The fourth-order valence-electron chi connectivity index (χ4n) is 1.22. The van der Waals surface area contributed by atoms with Gasteiger partial charge in [0.05, 0.1) is 7.11 Å². The molecule has 0 saturated heterocycles. The summed E-state index contributed by atoms with van der Waals surface area (Å²) in [5.74, 6) is 1.22. The summed E-state index contributed by atoms with van der Waals surface area (Å²) >= 11 is 1.63. The molecule has 0 aromatic heterocycles. The van der Waals surface area contributed by atoms with Gasteiger partial charge in [0.1, 0.15) is 5.25 Å². The summed E-state index contributed by atoms with van der Waals surface area (Å²) in [4.78, 5) is 11.4. The Hall–Kier alpha value is -0.220. The van der Waals surface area contributed by atoms with E-state index in [0.717, 1.165) is 18.6 Å². The molecule has 2 N–H and O–H groups in total. The average molecular weight is 217 g/mol. The Labute approximate surface area is 89.8 Å². The first-order chi connectivity index (χ1) is 6.44. The van der Waals surface area contributed by atoms with Crippen molar-refractivity contribution >= 4 is 17.7 Å². The van der Waals surface area contributed by atoms with E-state index in [1.807, 2.05) is 13.8 Å². The second kappa shape index (κ2) is 4.53. The number of esters is 1. The van der Waals surface area contributed by atoms with Gasteiger partial charge in [0.2, 0.25) is 0 Å². The van der Waals surface area contributed by atoms with Crippen molar-refractivity contribution in [1.82, 2.24) is 0 Å². The van der Waals surface area contributed by atoms with E-state index in [2.05, 4.69) is 0 Å². The van der Waals surface area contributed by atoms with Crippen LogP contribution in [0, 0.1) is 5.92 Å². The smallest absolute Gasteiger partial charge is 0.319 e. The number of carbonyl (C=O) groups excluding carboxylic acids is 1. The lowest BCUT2D eigenvalue weighted by Gasteiger charge is -2.21. The number of ether oxygens (including phenoxy) is 1. The monoisotopic (exact) mass is 217 g/mol. The highest BCUT2D eigenvalue weighted by atomic mass is 32.2. The molecule has 1 fully saturated rings. The van der Waals surface area contributed by atoms with E-state index in [1.54, 1.807) is 11.8 Å². The standard InChI is InChI=1S/C10H19NO2S/c1-10(2,11)6-14-8(7-4-5-7)9(12)13-3/h7-8H,4-6,11H2,1-3H3. The van der Waals surface area contributed by atoms with Crippen molar-refractivity contribution in [3.05, 3.63) is 0 Å². The topological polar surface area (TPSA) is 52.3 Å². The molecule has 0 amide bonds. The second-order valence-electron chi connectivity index (χ2n) is 4.58. The molecule has 1 atom stereocenters. The first-order valence-corrected chi connectivity index (χ1v) is 5.97. The van der Waals surface area contributed by atoms with Crippen molar-refractivity contribution in [3.8, 4) is 0 Å². The molecule has 0 aliphatic heterocycles. The molecule has 0 heterocycles. The molecule has 1 aliphatic rings. The van der Waals surface area contributed by atoms with Crippen molar-refractivity contribution in [3.63, 3.8) is 0 Å². The van der Waals surface area contributed by atoms with Crippen molar-refractivity contribution in [2.75, 3.05) is 12.9 Å². The number of hydrogen-bond donors (Lipinski definition) is 1. The van der Waals surface area contributed by atoms with E-state index in [9.17, 15) is 4.79 Å². The summed E-state index contributed by atoms with van der Waals surface area (Å²) in [5, 5.41) is 0.00262. The number of hydrogen-bond acceptors (Lipinski definition) is 4. The highest BCUT2D eigenvalue weighted by Crippen LogP contribution is 2.40. The summed E-state index contributed by atoms with van der Waals surface area (Å²) in [6, 6.07) is 0. The molecule has 0 aromatic carbocycles. The van der Waals surface area contributed by atoms with Gasteiger partial charge < -0.3 is 10.5 Å². The highest BCUT2D eigenvalue weighted by molar-refractivity contribution is 8.00. The van der Waals surface area contributed by atoms with Gasteiger partial charge in [-0.3, -0.25) is 4.79 Å². The quantitative estimate of drug-likeness (QED) is 0.707. The first-order valence-electron chi connectivity index (χ1n) is 4.92. The summed E-state index contributed by atoms with van der Waals surface area (Å²) < 4.78 is 4.78. The van der Waals surface area contributed by atoms with E-state index in [4.69, 9.17) is 10.5 Å². The van der Waals surface area contributed by atoms with Crippen LogP contribution in [0.5, 0.6) is 0 Å². The van der Waals surface area contributed by atoms with Crippen LogP contribution in [0.3, 0.4) is 0 Å². The Kier molecular flexibility index (Phi) is 3.84. The van der Waals surface area contributed by atoms with Crippen molar-refractivity contribution in [2.45, 2.75) is 37.5 Å². The molecular weight excluding hydrogens is 198 g/mol. The van der Waals surface area contributed by atoms with Gasteiger partial charge in [-0.2, -0.15) is 0 Å². The maximum atomic E-state index is 11.4. The lowest BCUT2D eigenvalue weighted by molar-refractivity contribution is -0.140. The molecule has 0 radical (unpaired) electrons. The van der Waals surface area contributed by atoms with Crippen molar-refractivity contribution in [1.29, 1.82) is 0 Å². The second-order valence-corrected chi connectivity index (χ2v) is 5.71. The molecule has 1 rings (SSSR count). The van der Waals surface area contributed by atoms with E-state index >= 15 is 0 Å². The van der Waals surface area contributed by atoms with Gasteiger partial charge in [0.25, 0.3) is 0 Å². The number of methoxy groups -OCH3 is 1. The normalized spacial score (nSPS) is 19.1. The van der Waals surface area contributed by atoms with E-state index in [-0.39, 0.29) is 16.8 Å². The summed E-state index contributed by atoms with van der Waals surface area (Å²) in [5.41, 5.74) is 5.66. The molecule has 1 aliphatic carbocycles. The van der Waals surface area contributed by atoms with Gasteiger partial charge in [0, 0.05) is 11.3 Å². The summed E-state index contributed by atoms with van der Waals surface area (Å²) in [7, 11) is 1.45. The van der Waals surface area contributed by atoms with Gasteiger partial charge in [0.15, 0.2) is 0 Å². The molecule has 0 spiro atoms. The van der Waals surface area contributed by atoms with Crippen molar-refractivity contribution < 1.29 is 9.53 Å². The fourth-order valence-corrected chi connectivity index (χ4v) is 2.60. The molecule has 1 unspecified atom stereocenters. The Morgan fingerprint density at radius 2 is 2.21 bits per heavy atom. The first kappa shape index (κ1) is 11.9. The number of thioether (sulfide) groups is 1. The van der Waals surface area contributed by atoms with Gasteiger partial charge in [-0.25, -0.2) is 0 Å². The Balaban J connectivity index is 2.40. The third-order valence-electron chi connectivity index (χ3n) is 2.12. The highest BCUT2D eigenvalue weighted by Gasteiger charge is 2.37. The van der Waals surface area contributed by atoms with Gasteiger partial charge in [-0.15, -0.1) is 11.8 Å². The predicted octanol–water partition coefficient (Wildman–Crippen LogP) is 1.41. The van der Waals surface area contributed by atoms with Crippen LogP contribution in [-0.2, 0) is 9.53 Å². The zero-order valence-corrected chi connectivity index (χ0v) is 9.89. The number of rotatable bonds is 5. The van der Waals surface area contributed by atoms with Gasteiger partial charge in [-0.1, -0.05) is 0 Å². The largest absolute Gasteiger partial charge is 0.468 e. The summed E-state index contributed by atoms with van der Waals surface area (Å²) in [6.45, 7) is 3.95. The zero-order valence-electron chi connectivity index (χ0n) is 9.08. The van der Waals surface area contributed by atoms with E-state index in [0.29, 0.717) is 5.92 Å². The SMILES string of the molecule is COC(=O)C(SCC(C)(C)N)C1CC1. The zero-order chi connectivity index (χ0) is 10.8. The molecular formula is C10H19NO2S. The maximum Gasteiger partial charge on any atom is 0.319 e. The molecule has 4 heteroatoms. The molecule has 14 heavy (non-hydrogen) atoms. The van der Waals surface area contributed by atoms with E-state index < -0.39 is 0 Å². The predicted molar refractivity (Wildman–Crippen MR) is 59.3 cm³/mol. The van der Waals surface area contributed by atoms with Crippen LogP contribution in [0.15, 0.2) is 0 Å². The molecule has 1 saturated carbocycles. The Morgan fingerprint density at radius 1 is 1.64 bits per heavy atom. The minimum Gasteiger partial charge on any atom is -0.468 e. The van der Waals surface area contributed by atoms with Crippen LogP contribution in [-0.4, -0.2) is 29.6 Å². The molecule has 82 valence electrons. The Bertz CT molecular complexity index is 209. The fraction of sp³-hybridized carbons (Fsp3) is 0.900. The maximum absolute atomic E-state index is 11.4. The van der Waals surface area contributed by atoms with E-state index in [1.165, 1.54) is 7.11 Å². The molecule has 0 bridgehead atoms. The molecule has 3 nitrogen and oxygen atoms in total. The third kappa shape index (κ3) is 3.88. The van der Waals surface area contributed by atoms with Crippen LogP contribution in [0.1, 0.15) is 26.7 Å². The lowest BCUT2D eigenvalue weighted by atomic mass is 10.1. The summed E-state index contributed by atoms with van der Waals surface area (Å²) in [6.07, 6.45) is 2.30. The van der Waals surface area contributed by atoms with Crippen molar-refractivity contribution in [2.24, 2.45) is 11.7 Å². The number of carbonyl (C=O) groups is 1. The van der Waals surface area contributed by atoms with Crippen LogP contribution >= 0.6 is 11.8 Å². The van der Waals surface area contributed by atoms with Gasteiger partial charge in [-0.05, 0) is 32.6 Å². The third-order valence-corrected chi connectivity index (χ3v) is 3.97. The van der Waals surface area contributed by atoms with Crippen LogP contribution < -0.4 is 5.73 Å².